The SMILES string of the molecule is O=C(NOCC1CC1)c1cc(S(=O)(=O)N(CCO)Cc2cccnc2)c(F)c(F)c1Nc1ccc(I)cc1. The standard InChI is InChI=1S/C25H25F2IN4O5S/c26-22-21(38(35,36)32(10-11-33)14-17-2-1-9-29-13-17)12-20(25(34)31-37-15-16-3-4-16)24(23(22)27)30-19-7-5-18(28)6-8-19/h1-2,5-9,12-13,16,30,33H,3-4,10-11,14-15H2,(H,31,34). The van der Waals surface area contributed by atoms with Crippen LogP contribution in [-0.2, 0) is 21.4 Å². The average Bonchev–Trinajstić information content (AvgIpc) is 3.73. The van der Waals surface area contributed by atoms with Gasteiger partial charge in [0.25, 0.3) is 5.91 Å². The van der Waals surface area contributed by atoms with Crippen LogP contribution in [0.15, 0.2) is 59.8 Å². The number of rotatable bonds is 12. The molecule has 0 radical (unpaired) electrons. The molecule has 1 amide bonds. The van der Waals surface area contributed by atoms with Crippen molar-refractivity contribution in [1.29, 1.82) is 0 Å². The largest absolute Gasteiger partial charge is 0.395 e. The lowest BCUT2D eigenvalue weighted by Crippen LogP contribution is -2.34. The maximum absolute atomic E-state index is 15.5. The van der Waals surface area contributed by atoms with Crippen molar-refractivity contribution < 1.29 is 31.9 Å². The molecule has 9 nitrogen and oxygen atoms in total. The van der Waals surface area contributed by atoms with Crippen LogP contribution in [-0.4, -0.2) is 48.5 Å². The number of aromatic nitrogens is 1. The van der Waals surface area contributed by atoms with Crippen LogP contribution < -0.4 is 10.8 Å². The molecular formula is C25H25F2IN4O5S. The Hall–Kier alpha value is -2.72. The molecule has 1 aliphatic carbocycles. The number of nitrogens with one attached hydrogen (secondary N) is 2. The monoisotopic (exact) mass is 658 g/mol. The van der Waals surface area contributed by atoms with Crippen molar-refractivity contribution in [3.8, 4) is 0 Å². The first-order valence-corrected chi connectivity index (χ1v) is 14.2. The van der Waals surface area contributed by atoms with Gasteiger partial charge in [0.05, 0.1) is 24.5 Å². The van der Waals surface area contributed by atoms with Crippen LogP contribution in [0.25, 0.3) is 0 Å². The van der Waals surface area contributed by atoms with E-state index in [-0.39, 0.29) is 13.2 Å². The fraction of sp³-hybridized carbons (Fsp3) is 0.280. The second kappa shape index (κ2) is 12.4. The predicted molar refractivity (Wildman–Crippen MR) is 144 cm³/mol. The van der Waals surface area contributed by atoms with Gasteiger partial charge in [0.1, 0.15) is 4.90 Å². The number of halogens is 3. The summed E-state index contributed by atoms with van der Waals surface area (Å²) in [4.78, 5) is 21.1. The molecule has 0 spiro atoms. The second-order valence-corrected chi connectivity index (χ2v) is 11.8. The Labute approximate surface area is 232 Å². The number of sulfonamides is 1. The highest BCUT2D eigenvalue weighted by molar-refractivity contribution is 14.1. The topological polar surface area (TPSA) is 121 Å². The number of aliphatic hydroxyl groups is 1. The maximum atomic E-state index is 15.5. The normalized spacial score (nSPS) is 13.5. The highest BCUT2D eigenvalue weighted by Crippen LogP contribution is 2.33. The van der Waals surface area contributed by atoms with E-state index in [9.17, 15) is 18.3 Å². The van der Waals surface area contributed by atoms with Gasteiger partial charge in [-0.1, -0.05) is 6.07 Å². The number of hydrogen-bond acceptors (Lipinski definition) is 7. The summed E-state index contributed by atoms with van der Waals surface area (Å²) in [6.07, 6.45) is 4.83. The molecule has 1 fully saturated rings. The van der Waals surface area contributed by atoms with E-state index < -0.39 is 56.9 Å². The number of nitrogens with zero attached hydrogens (tertiary/aromatic N) is 2. The summed E-state index contributed by atoms with van der Waals surface area (Å²) in [7, 11) is -4.71. The number of pyridine rings is 1. The zero-order valence-corrected chi connectivity index (χ0v) is 23.0. The zero-order chi connectivity index (χ0) is 27.3. The number of aliphatic hydroxyl groups excluding tert-OH is 1. The predicted octanol–water partition coefficient (Wildman–Crippen LogP) is 3.96. The number of benzene rings is 2. The third-order valence-electron chi connectivity index (χ3n) is 5.76. The first kappa shape index (κ1) is 28.3. The van der Waals surface area contributed by atoms with E-state index in [0.717, 1.165) is 26.8 Å². The van der Waals surface area contributed by atoms with Crippen molar-refractivity contribution in [3.05, 3.63) is 81.2 Å². The average molecular weight is 658 g/mol. The lowest BCUT2D eigenvalue weighted by Gasteiger charge is -2.23. The Kier molecular flexibility index (Phi) is 9.25. The second-order valence-electron chi connectivity index (χ2n) is 8.67. The first-order valence-electron chi connectivity index (χ1n) is 11.7. The van der Waals surface area contributed by atoms with Gasteiger partial charge in [0.15, 0.2) is 11.6 Å². The number of carbonyl (C=O) groups is 1. The van der Waals surface area contributed by atoms with Crippen molar-refractivity contribution >= 4 is 49.9 Å². The molecule has 4 rings (SSSR count). The van der Waals surface area contributed by atoms with E-state index in [0.29, 0.717) is 17.2 Å². The Morgan fingerprint density at radius 1 is 1.18 bits per heavy atom. The van der Waals surface area contributed by atoms with Gasteiger partial charge < -0.3 is 10.4 Å². The molecule has 13 heteroatoms. The van der Waals surface area contributed by atoms with Crippen LogP contribution in [0.1, 0.15) is 28.8 Å². The van der Waals surface area contributed by atoms with Gasteiger partial charge in [0, 0.05) is 34.7 Å². The third-order valence-corrected chi connectivity index (χ3v) is 8.32. The molecule has 38 heavy (non-hydrogen) atoms. The number of hydrogen-bond donors (Lipinski definition) is 3. The fourth-order valence-corrected chi connectivity index (χ4v) is 5.43. The molecule has 1 saturated carbocycles. The summed E-state index contributed by atoms with van der Waals surface area (Å²) in [5.74, 6) is -3.86. The number of anilines is 2. The summed E-state index contributed by atoms with van der Waals surface area (Å²) < 4.78 is 59.6. The van der Waals surface area contributed by atoms with E-state index in [1.807, 2.05) is 0 Å². The van der Waals surface area contributed by atoms with Crippen molar-refractivity contribution in [2.45, 2.75) is 24.3 Å². The quantitative estimate of drug-likeness (QED) is 0.199. The lowest BCUT2D eigenvalue weighted by molar-refractivity contribution is 0.0270. The minimum atomic E-state index is -4.71. The van der Waals surface area contributed by atoms with Crippen molar-refractivity contribution in [2.75, 3.05) is 25.1 Å². The highest BCUT2D eigenvalue weighted by Gasteiger charge is 2.33. The maximum Gasteiger partial charge on any atom is 0.277 e. The molecule has 0 unspecified atom stereocenters. The minimum absolute atomic E-state index is 0.246. The molecule has 2 aromatic carbocycles. The van der Waals surface area contributed by atoms with E-state index in [4.69, 9.17) is 4.84 Å². The summed E-state index contributed by atoms with van der Waals surface area (Å²) in [6, 6.07) is 10.6. The third kappa shape index (κ3) is 6.83. The molecule has 0 aliphatic heterocycles. The van der Waals surface area contributed by atoms with E-state index in [2.05, 4.69) is 38.4 Å². The smallest absolute Gasteiger partial charge is 0.277 e. The van der Waals surface area contributed by atoms with Crippen LogP contribution in [0.2, 0.25) is 0 Å². The number of hydroxylamine groups is 1. The van der Waals surface area contributed by atoms with Crippen LogP contribution >= 0.6 is 22.6 Å². The molecule has 3 N–H and O–H groups in total. The lowest BCUT2D eigenvalue weighted by atomic mass is 10.1. The molecule has 202 valence electrons. The summed E-state index contributed by atoms with van der Waals surface area (Å²) >= 11 is 2.08. The van der Waals surface area contributed by atoms with Gasteiger partial charge >= 0.3 is 0 Å². The van der Waals surface area contributed by atoms with E-state index >= 15 is 8.78 Å². The number of carbonyl (C=O) groups excluding carboxylic acids is 1. The zero-order valence-electron chi connectivity index (χ0n) is 20.0. The summed E-state index contributed by atoms with van der Waals surface area (Å²) in [5.41, 5.74) is 2.00. The number of amides is 1. The van der Waals surface area contributed by atoms with Gasteiger partial charge in [-0.05, 0) is 83.3 Å². The van der Waals surface area contributed by atoms with Crippen molar-refractivity contribution in [1.82, 2.24) is 14.8 Å². The van der Waals surface area contributed by atoms with Gasteiger partial charge in [-0.3, -0.25) is 14.6 Å². The fourth-order valence-electron chi connectivity index (χ4n) is 3.56. The molecule has 1 aliphatic rings. The minimum Gasteiger partial charge on any atom is -0.395 e. The van der Waals surface area contributed by atoms with Gasteiger partial charge in [-0.25, -0.2) is 22.7 Å². The molecule has 0 saturated heterocycles. The Morgan fingerprint density at radius 2 is 1.92 bits per heavy atom. The van der Waals surface area contributed by atoms with Crippen molar-refractivity contribution in [3.63, 3.8) is 0 Å². The molecule has 3 aromatic rings. The van der Waals surface area contributed by atoms with Crippen LogP contribution in [0.5, 0.6) is 0 Å². The first-order chi connectivity index (χ1) is 18.2. The van der Waals surface area contributed by atoms with Crippen LogP contribution in [0, 0.1) is 21.1 Å². The van der Waals surface area contributed by atoms with Gasteiger partial charge in [0.2, 0.25) is 10.0 Å². The molecule has 0 atom stereocenters. The summed E-state index contributed by atoms with van der Waals surface area (Å²) in [5, 5.41) is 12.2. The van der Waals surface area contributed by atoms with Crippen molar-refractivity contribution in [2.24, 2.45) is 5.92 Å². The van der Waals surface area contributed by atoms with Gasteiger partial charge in [-0.2, -0.15) is 4.31 Å². The molecular weight excluding hydrogens is 633 g/mol. The van der Waals surface area contributed by atoms with Gasteiger partial charge in [-0.15, -0.1) is 0 Å². The Morgan fingerprint density at radius 3 is 2.55 bits per heavy atom. The summed E-state index contributed by atoms with van der Waals surface area (Å²) in [6.45, 7) is -0.978. The highest BCUT2D eigenvalue weighted by atomic mass is 127. The Bertz CT molecular complexity index is 1390. The molecule has 0 bridgehead atoms. The van der Waals surface area contributed by atoms with Crippen LogP contribution in [0.4, 0.5) is 20.2 Å². The molecule has 1 heterocycles. The van der Waals surface area contributed by atoms with E-state index in [1.165, 1.54) is 12.4 Å². The van der Waals surface area contributed by atoms with Crippen LogP contribution in [0.3, 0.4) is 0 Å². The van der Waals surface area contributed by atoms with E-state index in [1.54, 1.807) is 36.4 Å². The Balaban J connectivity index is 1.75. The molecule has 1 aromatic heterocycles.